The Balaban J connectivity index is 0.00000312. The number of urea groups is 1. The lowest BCUT2D eigenvalue weighted by molar-refractivity contribution is -0.135. The molecule has 0 fully saturated rings. The second-order valence-corrected chi connectivity index (χ2v) is 4.79. The number of hydrogen-bond donors (Lipinski definition) is 4. The molecule has 1 heterocycles. The third-order valence-electron chi connectivity index (χ3n) is 2.94. The number of carboxylic acid groups (broad SMARTS) is 1. The van der Waals surface area contributed by atoms with Gasteiger partial charge in [-0.3, -0.25) is 14.6 Å². The van der Waals surface area contributed by atoms with Gasteiger partial charge in [0.05, 0.1) is 12.2 Å². The summed E-state index contributed by atoms with van der Waals surface area (Å²) in [5, 5.41) is 16.0. The van der Waals surface area contributed by atoms with Crippen LogP contribution in [0.15, 0.2) is 48.7 Å². The molecule has 2 aromatic rings. The summed E-state index contributed by atoms with van der Waals surface area (Å²) in [6.07, 6.45) is 1.63. The number of nitrogens with one attached hydrogen (secondary N) is 3. The van der Waals surface area contributed by atoms with E-state index in [9.17, 15) is 14.4 Å². The van der Waals surface area contributed by atoms with Crippen LogP contribution < -0.4 is 16.0 Å². The molecule has 0 aliphatic heterocycles. The zero-order valence-corrected chi connectivity index (χ0v) is 13.9. The van der Waals surface area contributed by atoms with Crippen molar-refractivity contribution in [1.82, 2.24) is 15.6 Å². The maximum atomic E-state index is 11.9. The highest BCUT2D eigenvalue weighted by Gasteiger charge is 2.09. The molecule has 25 heavy (non-hydrogen) atoms. The van der Waals surface area contributed by atoms with Crippen LogP contribution in [-0.4, -0.2) is 34.5 Å². The number of carbonyl (C=O) groups excluding carboxylic acids is 2. The molecule has 0 atom stereocenters. The van der Waals surface area contributed by atoms with Gasteiger partial charge in [-0.25, -0.2) is 4.79 Å². The fraction of sp³-hybridized carbons (Fsp3) is 0.125. The summed E-state index contributed by atoms with van der Waals surface area (Å²) in [7, 11) is 0. The number of aliphatic carboxylic acids is 1. The second kappa shape index (κ2) is 9.89. The van der Waals surface area contributed by atoms with Crippen LogP contribution in [0.5, 0.6) is 0 Å². The molecule has 9 heteroatoms. The van der Waals surface area contributed by atoms with Crippen LogP contribution in [0, 0.1) is 0 Å². The molecule has 8 nitrogen and oxygen atoms in total. The summed E-state index contributed by atoms with van der Waals surface area (Å²) in [6.45, 7) is -0.202. The van der Waals surface area contributed by atoms with Crippen molar-refractivity contribution in [3.8, 4) is 0 Å². The molecule has 0 aliphatic rings. The minimum absolute atomic E-state index is 0. The molecule has 1 aromatic heterocycles. The Bertz CT molecular complexity index is 746. The number of carbonyl (C=O) groups is 3. The van der Waals surface area contributed by atoms with Crippen molar-refractivity contribution in [2.24, 2.45) is 0 Å². The number of aromatic nitrogens is 1. The van der Waals surface area contributed by atoms with E-state index >= 15 is 0 Å². The van der Waals surface area contributed by atoms with Gasteiger partial charge in [0.25, 0.3) is 5.91 Å². The first-order chi connectivity index (χ1) is 11.5. The van der Waals surface area contributed by atoms with E-state index in [1.807, 2.05) is 6.07 Å². The highest BCUT2D eigenvalue weighted by atomic mass is 35.5. The average molecular weight is 367 g/mol. The fourth-order valence-corrected chi connectivity index (χ4v) is 1.84. The number of anilines is 1. The molecule has 3 amide bonds. The number of halogens is 1. The van der Waals surface area contributed by atoms with E-state index in [1.165, 1.54) is 12.1 Å². The molecular weight excluding hydrogens is 348 g/mol. The van der Waals surface area contributed by atoms with Gasteiger partial charge in [0.15, 0.2) is 0 Å². The molecule has 2 rings (SSSR count). The van der Waals surface area contributed by atoms with Crippen molar-refractivity contribution in [2.75, 3.05) is 11.9 Å². The SMILES string of the molecule is Cl.O=C(O)CNC(=O)c1cccc(NC(=O)NCc2ccccn2)c1.[HH]. The maximum Gasteiger partial charge on any atom is 0.322 e. The van der Waals surface area contributed by atoms with Crippen molar-refractivity contribution in [3.63, 3.8) is 0 Å². The summed E-state index contributed by atoms with van der Waals surface area (Å²) in [4.78, 5) is 38.2. The van der Waals surface area contributed by atoms with Crippen LogP contribution in [0.25, 0.3) is 0 Å². The summed E-state index contributed by atoms with van der Waals surface area (Å²) in [6, 6.07) is 11.1. The number of amides is 3. The third-order valence-corrected chi connectivity index (χ3v) is 2.94. The Morgan fingerprint density at radius 2 is 1.88 bits per heavy atom. The predicted octanol–water partition coefficient (Wildman–Crippen LogP) is 1.89. The Morgan fingerprint density at radius 3 is 2.56 bits per heavy atom. The first-order valence-corrected chi connectivity index (χ1v) is 7.09. The van der Waals surface area contributed by atoms with Crippen LogP contribution in [-0.2, 0) is 11.3 Å². The third kappa shape index (κ3) is 6.88. The van der Waals surface area contributed by atoms with Crippen molar-refractivity contribution in [2.45, 2.75) is 6.54 Å². The van der Waals surface area contributed by atoms with Crippen LogP contribution in [0.4, 0.5) is 10.5 Å². The van der Waals surface area contributed by atoms with Gasteiger partial charge >= 0.3 is 12.0 Å². The Hall–Kier alpha value is -3.13. The van der Waals surface area contributed by atoms with Gasteiger partial charge in [-0.1, -0.05) is 12.1 Å². The van der Waals surface area contributed by atoms with Gasteiger partial charge < -0.3 is 21.1 Å². The van der Waals surface area contributed by atoms with Crippen molar-refractivity contribution in [1.29, 1.82) is 0 Å². The topological polar surface area (TPSA) is 120 Å². The molecule has 134 valence electrons. The molecule has 4 N–H and O–H groups in total. The minimum Gasteiger partial charge on any atom is -0.480 e. The van der Waals surface area contributed by atoms with Crippen LogP contribution in [0.2, 0.25) is 0 Å². The molecule has 0 saturated heterocycles. The van der Waals surface area contributed by atoms with E-state index in [0.717, 1.165) is 5.69 Å². The van der Waals surface area contributed by atoms with Gasteiger partial charge in [-0.05, 0) is 30.3 Å². The van der Waals surface area contributed by atoms with Gasteiger partial charge in [0, 0.05) is 18.9 Å². The monoisotopic (exact) mass is 366 g/mol. The van der Waals surface area contributed by atoms with E-state index < -0.39 is 24.5 Å². The average Bonchev–Trinajstić information content (AvgIpc) is 2.59. The quantitative estimate of drug-likeness (QED) is 0.622. The largest absolute Gasteiger partial charge is 0.480 e. The number of benzene rings is 1. The molecule has 0 aliphatic carbocycles. The summed E-state index contributed by atoms with van der Waals surface area (Å²) < 4.78 is 0. The van der Waals surface area contributed by atoms with Gasteiger partial charge in [-0.2, -0.15) is 0 Å². The number of rotatable bonds is 6. The van der Waals surface area contributed by atoms with Crippen LogP contribution in [0.1, 0.15) is 17.5 Å². The lowest BCUT2D eigenvalue weighted by Gasteiger charge is -2.09. The highest BCUT2D eigenvalue weighted by Crippen LogP contribution is 2.10. The number of carboxylic acids is 1. The lowest BCUT2D eigenvalue weighted by atomic mass is 10.2. The molecular formula is C16H19ClN4O4. The lowest BCUT2D eigenvalue weighted by Crippen LogP contribution is -2.30. The summed E-state index contributed by atoms with van der Waals surface area (Å²) in [5.74, 6) is -1.67. The Kier molecular flexibility index (Phi) is 7.88. The number of pyridine rings is 1. The first kappa shape index (κ1) is 19.9. The van der Waals surface area contributed by atoms with Gasteiger partial charge in [0.1, 0.15) is 6.54 Å². The molecule has 0 unspecified atom stereocenters. The fourth-order valence-electron chi connectivity index (χ4n) is 1.84. The van der Waals surface area contributed by atoms with Crippen molar-refractivity contribution >= 4 is 36.0 Å². The number of hydrogen-bond acceptors (Lipinski definition) is 4. The van der Waals surface area contributed by atoms with Crippen LogP contribution in [0.3, 0.4) is 0 Å². The second-order valence-electron chi connectivity index (χ2n) is 4.79. The van der Waals surface area contributed by atoms with E-state index in [2.05, 4.69) is 20.9 Å². The van der Waals surface area contributed by atoms with E-state index in [4.69, 9.17) is 5.11 Å². The zero-order valence-electron chi connectivity index (χ0n) is 13.1. The standard InChI is InChI=1S/C16H16N4O4.ClH.H2/c21-14(22)10-18-15(23)11-4-3-6-12(8-11)20-16(24)19-9-13-5-1-2-7-17-13;;/h1-8H,9-10H2,(H,18,23)(H,21,22)(H2,19,20,24);2*1H. The van der Waals surface area contributed by atoms with E-state index in [-0.39, 0.29) is 25.9 Å². The Labute approximate surface area is 151 Å². The molecule has 1 aromatic carbocycles. The smallest absolute Gasteiger partial charge is 0.322 e. The van der Waals surface area contributed by atoms with Gasteiger partial charge in [0.2, 0.25) is 0 Å². The van der Waals surface area contributed by atoms with Gasteiger partial charge in [-0.15, -0.1) is 12.4 Å². The highest BCUT2D eigenvalue weighted by molar-refractivity contribution is 5.98. The zero-order chi connectivity index (χ0) is 17.4. The minimum atomic E-state index is -1.13. The van der Waals surface area contributed by atoms with Crippen LogP contribution >= 0.6 is 12.4 Å². The normalized spacial score (nSPS) is 9.44. The predicted molar refractivity (Wildman–Crippen MR) is 95.9 cm³/mol. The Morgan fingerprint density at radius 1 is 1.08 bits per heavy atom. The first-order valence-electron chi connectivity index (χ1n) is 7.09. The molecule has 0 radical (unpaired) electrons. The van der Waals surface area contributed by atoms with E-state index in [1.54, 1.807) is 30.5 Å². The summed E-state index contributed by atoms with van der Waals surface area (Å²) in [5.41, 5.74) is 1.38. The maximum absolute atomic E-state index is 11.9. The number of nitrogens with zero attached hydrogens (tertiary/aromatic N) is 1. The molecule has 0 bridgehead atoms. The summed E-state index contributed by atoms with van der Waals surface area (Å²) >= 11 is 0. The van der Waals surface area contributed by atoms with Crippen molar-refractivity contribution in [3.05, 3.63) is 59.9 Å². The van der Waals surface area contributed by atoms with E-state index in [0.29, 0.717) is 5.69 Å². The van der Waals surface area contributed by atoms with Crippen molar-refractivity contribution < 1.29 is 20.9 Å². The molecule has 0 saturated carbocycles. The molecule has 0 spiro atoms.